The van der Waals surface area contributed by atoms with Gasteiger partial charge in [0.05, 0.1) is 12.2 Å². The SMILES string of the molecule is CNC(Cc1sccc1Br)C1CC2CCC1O2. The number of hydrogen-bond acceptors (Lipinski definition) is 3. The molecule has 0 amide bonds. The Hall–Kier alpha value is 0.1000. The Morgan fingerprint density at radius 1 is 1.59 bits per heavy atom. The topological polar surface area (TPSA) is 21.3 Å². The summed E-state index contributed by atoms with van der Waals surface area (Å²) in [5.41, 5.74) is 0. The molecule has 17 heavy (non-hydrogen) atoms. The van der Waals surface area contributed by atoms with Gasteiger partial charge in [-0.15, -0.1) is 11.3 Å². The van der Waals surface area contributed by atoms with E-state index in [1.807, 2.05) is 11.3 Å². The van der Waals surface area contributed by atoms with E-state index in [-0.39, 0.29) is 0 Å². The minimum atomic E-state index is 0.510. The van der Waals surface area contributed by atoms with Crippen LogP contribution in [0.1, 0.15) is 24.1 Å². The van der Waals surface area contributed by atoms with Gasteiger partial charge in [-0.25, -0.2) is 0 Å². The highest BCUT2D eigenvalue weighted by Gasteiger charge is 2.43. The highest BCUT2D eigenvalue weighted by molar-refractivity contribution is 9.10. The van der Waals surface area contributed by atoms with Crippen LogP contribution in [0.2, 0.25) is 0 Å². The van der Waals surface area contributed by atoms with Crippen molar-refractivity contribution in [2.24, 2.45) is 5.92 Å². The number of fused-ring (bicyclic) bond motifs is 2. The van der Waals surface area contributed by atoms with Gasteiger partial charge in [-0.05, 0) is 60.1 Å². The van der Waals surface area contributed by atoms with Crippen molar-refractivity contribution in [3.63, 3.8) is 0 Å². The molecule has 0 spiro atoms. The third kappa shape index (κ3) is 2.33. The second-order valence-electron chi connectivity index (χ2n) is 5.06. The lowest BCUT2D eigenvalue weighted by Crippen LogP contribution is -2.40. The number of halogens is 1. The lowest BCUT2D eigenvalue weighted by molar-refractivity contribution is 0.0864. The Morgan fingerprint density at radius 3 is 3.00 bits per heavy atom. The number of rotatable bonds is 4. The van der Waals surface area contributed by atoms with Crippen molar-refractivity contribution >= 4 is 27.3 Å². The quantitative estimate of drug-likeness (QED) is 0.921. The zero-order valence-corrected chi connectivity index (χ0v) is 12.4. The van der Waals surface area contributed by atoms with E-state index in [0.717, 1.165) is 6.42 Å². The zero-order valence-electron chi connectivity index (χ0n) is 9.99. The molecular formula is C13H18BrNOS. The Kier molecular flexibility index (Phi) is 3.57. The van der Waals surface area contributed by atoms with E-state index in [1.165, 1.54) is 28.6 Å². The summed E-state index contributed by atoms with van der Waals surface area (Å²) in [6.45, 7) is 0. The van der Waals surface area contributed by atoms with Crippen LogP contribution in [0.3, 0.4) is 0 Å². The van der Waals surface area contributed by atoms with Gasteiger partial charge in [0.2, 0.25) is 0 Å². The van der Waals surface area contributed by atoms with E-state index in [9.17, 15) is 0 Å². The van der Waals surface area contributed by atoms with Crippen LogP contribution < -0.4 is 5.32 Å². The van der Waals surface area contributed by atoms with E-state index in [4.69, 9.17) is 4.74 Å². The summed E-state index contributed by atoms with van der Waals surface area (Å²) in [7, 11) is 2.08. The fraction of sp³-hybridized carbons (Fsp3) is 0.692. The number of nitrogens with one attached hydrogen (secondary N) is 1. The molecule has 1 aromatic rings. The molecule has 2 saturated heterocycles. The van der Waals surface area contributed by atoms with E-state index < -0.39 is 0 Å². The van der Waals surface area contributed by atoms with Crippen LogP contribution in [0.15, 0.2) is 15.9 Å². The maximum atomic E-state index is 5.97. The van der Waals surface area contributed by atoms with Crippen LogP contribution in [0.25, 0.3) is 0 Å². The summed E-state index contributed by atoms with van der Waals surface area (Å²) >= 11 is 5.47. The molecule has 4 heteroatoms. The Bertz CT molecular complexity index is 395. The molecule has 0 saturated carbocycles. The molecule has 3 heterocycles. The van der Waals surface area contributed by atoms with Crippen molar-refractivity contribution in [2.75, 3.05) is 7.05 Å². The molecule has 0 aliphatic carbocycles. The number of thiophene rings is 1. The smallest absolute Gasteiger partial charge is 0.0623 e. The van der Waals surface area contributed by atoms with E-state index in [0.29, 0.717) is 24.2 Å². The molecule has 4 atom stereocenters. The van der Waals surface area contributed by atoms with Gasteiger partial charge in [0.15, 0.2) is 0 Å². The van der Waals surface area contributed by atoms with Gasteiger partial charge in [-0.2, -0.15) is 0 Å². The van der Waals surface area contributed by atoms with E-state index in [1.54, 1.807) is 0 Å². The molecule has 2 aliphatic rings. The number of hydrogen-bond donors (Lipinski definition) is 1. The summed E-state index contributed by atoms with van der Waals surface area (Å²) in [5.74, 6) is 0.702. The first-order valence-corrected chi connectivity index (χ1v) is 8.00. The highest BCUT2D eigenvalue weighted by atomic mass is 79.9. The molecule has 2 aliphatic heterocycles. The predicted octanol–water partition coefficient (Wildman–Crippen LogP) is 3.21. The summed E-state index contributed by atoms with van der Waals surface area (Å²) in [6.07, 6.45) is 5.97. The average Bonchev–Trinajstić information content (AvgIpc) is 3.02. The van der Waals surface area contributed by atoms with Gasteiger partial charge in [0.25, 0.3) is 0 Å². The zero-order chi connectivity index (χ0) is 11.8. The van der Waals surface area contributed by atoms with Crippen LogP contribution in [0, 0.1) is 5.92 Å². The van der Waals surface area contributed by atoms with Gasteiger partial charge in [-0.1, -0.05) is 0 Å². The number of ether oxygens (including phenoxy) is 1. The maximum Gasteiger partial charge on any atom is 0.0623 e. The summed E-state index contributed by atoms with van der Waals surface area (Å²) in [5, 5.41) is 5.66. The lowest BCUT2D eigenvalue weighted by Gasteiger charge is -2.28. The highest BCUT2D eigenvalue weighted by Crippen LogP contribution is 2.41. The summed E-state index contributed by atoms with van der Waals surface area (Å²) < 4.78 is 7.23. The molecule has 1 aromatic heterocycles. The van der Waals surface area contributed by atoms with Crippen molar-refractivity contribution in [2.45, 2.75) is 43.9 Å². The fourth-order valence-electron chi connectivity index (χ4n) is 3.24. The third-order valence-electron chi connectivity index (χ3n) is 4.14. The summed E-state index contributed by atoms with van der Waals surface area (Å²) in [6, 6.07) is 2.70. The number of likely N-dealkylation sites (N-methyl/N-ethyl adjacent to an activating group) is 1. The van der Waals surface area contributed by atoms with Crippen LogP contribution in [-0.4, -0.2) is 25.3 Å². The standard InChI is InChI=1S/C13H18BrNOS/c1-15-11(7-13-10(14)4-5-17-13)9-6-8-2-3-12(9)16-8/h4-5,8-9,11-12,15H,2-3,6-7H2,1H3. The Morgan fingerprint density at radius 2 is 2.47 bits per heavy atom. The average molecular weight is 316 g/mol. The molecule has 3 rings (SSSR count). The van der Waals surface area contributed by atoms with Gasteiger partial charge >= 0.3 is 0 Å². The fourth-order valence-corrected chi connectivity index (χ4v) is 4.81. The maximum absolute atomic E-state index is 5.97. The minimum absolute atomic E-state index is 0.510. The third-order valence-corrected chi connectivity index (χ3v) is 6.09. The molecule has 2 nitrogen and oxygen atoms in total. The molecule has 4 unspecified atom stereocenters. The van der Waals surface area contributed by atoms with Gasteiger partial charge < -0.3 is 10.1 Å². The van der Waals surface area contributed by atoms with Crippen molar-refractivity contribution < 1.29 is 4.74 Å². The minimum Gasteiger partial charge on any atom is -0.375 e. The van der Waals surface area contributed by atoms with Crippen LogP contribution in [-0.2, 0) is 11.2 Å². The van der Waals surface area contributed by atoms with Gasteiger partial charge in [-0.3, -0.25) is 0 Å². The van der Waals surface area contributed by atoms with Crippen LogP contribution in [0.4, 0.5) is 0 Å². The lowest BCUT2D eigenvalue weighted by atomic mass is 9.82. The van der Waals surface area contributed by atoms with Gasteiger partial charge in [0.1, 0.15) is 0 Å². The second-order valence-corrected chi connectivity index (χ2v) is 6.92. The molecule has 0 aromatic carbocycles. The first-order chi connectivity index (χ1) is 8.28. The molecule has 0 radical (unpaired) electrons. The molecule has 1 N–H and O–H groups in total. The second kappa shape index (κ2) is 5.00. The first kappa shape index (κ1) is 12.2. The van der Waals surface area contributed by atoms with E-state index in [2.05, 4.69) is 39.7 Å². The normalized spacial score (nSPS) is 33.2. The van der Waals surface area contributed by atoms with Crippen molar-refractivity contribution in [1.82, 2.24) is 5.32 Å². The predicted molar refractivity (Wildman–Crippen MR) is 74.6 cm³/mol. The monoisotopic (exact) mass is 315 g/mol. The van der Waals surface area contributed by atoms with Crippen LogP contribution in [0.5, 0.6) is 0 Å². The van der Waals surface area contributed by atoms with E-state index >= 15 is 0 Å². The molecule has 2 bridgehead atoms. The summed E-state index contributed by atoms with van der Waals surface area (Å²) in [4.78, 5) is 1.45. The molecule has 2 fully saturated rings. The van der Waals surface area contributed by atoms with Gasteiger partial charge in [0, 0.05) is 21.3 Å². The van der Waals surface area contributed by atoms with Crippen molar-refractivity contribution in [3.05, 3.63) is 20.8 Å². The first-order valence-electron chi connectivity index (χ1n) is 6.32. The van der Waals surface area contributed by atoms with Crippen molar-refractivity contribution in [1.29, 1.82) is 0 Å². The largest absolute Gasteiger partial charge is 0.375 e. The van der Waals surface area contributed by atoms with Crippen molar-refractivity contribution in [3.8, 4) is 0 Å². The Labute approximate surface area is 115 Å². The molecular weight excluding hydrogens is 298 g/mol. The van der Waals surface area contributed by atoms with Crippen LogP contribution >= 0.6 is 27.3 Å². The molecule has 94 valence electrons. The Balaban J connectivity index is 1.70.